The Balaban J connectivity index is 1.44. The van der Waals surface area contributed by atoms with Crippen molar-refractivity contribution < 1.29 is 19.1 Å². The van der Waals surface area contributed by atoms with Crippen LogP contribution in [0.4, 0.5) is 0 Å². The number of carbonyl (C=O) groups excluding carboxylic acids is 2. The zero-order chi connectivity index (χ0) is 25.5. The van der Waals surface area contributed by atoms with Gasteiger partial charge in [0.2, 0.25) is 0 Å². The quantitative estimate of drug-likeness (QED) is 0.269. The van der Waals surface area contributed by atoms with Gasteiger partial charge in [-0.05, 0) is 71.6 Å². The lowest BCUT2D eigenvalue weighted by atomic mass is 9.98. The molecule has 0 aliphatic carbocycles. The number of esters is 1. The van der Waals surface area contributed by atoms with Gasteiger partial charge in [0, 0.05) is 10.6 Å². The third-order valence-corrected chi connectivity index (χ3v) is 6.09. The van der Waals surface area contributed by atoms with Crippen LogP contribution in [-0.2, 0) is 11.3 Å². The van der Waals surface area contributed by atoms with E-state index >= 15 is 0 Å². The lowest BCUT2D eigenvalue weighted by molar-refractivity contribution is 0.0600. The van der Waals surface area contributed by atoms with Crippen molar-refractivity contribution in [1.82, 2.24) is 5.32 Å². The Hall–Kier alpha value is -4.09. The van der Waals surface area contributed by atoms with Crippen LogP contribution in [0.25, 0.3) is 11.1 Å². The van der Waals surface area contributed by atoms with Crippen molar-refractivity contribution in [3.63, 3.8) is 0 Å². The zero-order valence-corrected chi connectivity index (χ0v) is 20.8. The van der Waals surface area contributed by atoms with Crippen molar-refractivity contribution >= 4 is 23.5 Å². The molecule has 0 aromatic heterocycles. The van der Waals surface area contributed by atoms with Crippen LogP contribution in [0, 0.1) is 0 Å². The molecule has 0 bridgehead atoms. The van der Waals surface area contributed by atoms with Gasteiger partial charge in [-0.2, -0.15) is 0 Å². The third-order valence-electron chi connectivity index (χ3n) is 5.84. The third kappa shape index (κ3) is 6.12. The summed E-state index contributed by atoms with van der Waals surface area (Å²) in [4.78, 5) is 24.8. The fourth-order valence-corrected chi connectivity index (χ4v) is 3.92. The highest BCUT2D eigenvalue weighted by atomic mass is 35.5. The molecule has 4 aromatic rings. The van der Waals surface area contributed by atoms with Gasteiger partial charge in [-0.3, -0.25) is 4.79 Å². The normalized spacial score (nSPS) is 11.4. The molecular weight excluding hydrogens is 474 g/mol. The number of ether oxygens (including phenoxy) is 2. The van der Waals surface area contributed by atoms with Gasteiger partial charge in [0.15, 0.2) is 0 Å². The minimum Gasteiger partial charge on any atom is -0.489 e. The summed E-state index contributed by atoms with van der Waals surface area (Å²) in [5.41, 5.74) is 4.69. The van der Waals surface area contributed by atoms with Crippen molar-refractivity contribution in [3.8, 4) is 16.9 Å². The van der Waals surface area contributed by atoms with E-state index in [9.17, 15) is 9.59 Å². The molecule has 0 fully saturated rings. The molecule has 1 N–H and O–H groups in total. The van der Waals surface area contributed by atoms with Gasteiger partial charge in [-0.1, -0.05) is 66.2 Å². The monoisotopic (exact) mass is 499 g/mol. The Morgan fingerprint density at radius 1 is 0.861 bits per heavy atom. The molecule has 0 aliphatic heterocycles. The SMILES string of the molecule is COC(=O)c1ccc([C@H](C)NC(=O)c2ccccc2-c2ccc(OCc3ccc(Cl)cc3)cc2)cc1. The summed E-state index contributed by atoms with van der Waals surface area (Å²) in [5.74, 6) is 0.159. The summed E-state index contributed by atoms with van der Waals surface area (Å²) >= 11 is 5.93. The van der Waals surface area contributed by atoms with Gasteiger partial charge < -0.3 is 14.8 Å². The molecule has 0 unspecified atom stereocenters. The minimum absolute atomic E-state index is 0.182. The Morgan fingerprint density at radius 3 is 2.19 bits per heavy atom. The topological polar surface area (TPSA) is 64.6 Å². The maximum atomic E-state index is 13.2. The Bertz CT molecular complexity index is 1330. The van der Waals surface area contributed by atoms with E-state index in [1.807, 2.05) is 91.9 Å². The first-order valence-electron chi connectivity index (χ1n) is 11.5. The lowest BCUT2D eigenvalue weighted by Gasteiger charge is -2.17. The van der Waals surface area contributed by atoms with E-state index in [4.69, 9.17) is 21.1 Å². The van der Waals surface area contributed by atoms with Crippen LogP contribution in [0.3, 0.4) is 0 Å². The largest absolute Gasteiger partial charge is 0.489 e. The lowest BCUT2D eigenvalue weighted by Crippen LogP contribution is -2.27. The standard InChI is InChI=1S/C30H26ClNO4/c1-20(22-9-11-24(12-10-22)30(34)35-2)32-29(33)28-6-4-3-5-27(28)23-13-17-26(18-14-23)36-19-21-7-15-25(31)16-8-21/h3-18,20H,19H2,1-2H3,(H,32,33)/t20-/m0/s1. The molecule has 1 atom stereocenters. The molecule has 182 valence electrons. The van der Waals surface area contributed by atoms with Crippen molar-refractivity contribution in [2.24, 2.45) is 0 Å². The molecule has 0 aliphatic rings. The number of hydrogen-bond donors (Lipinski definition) is 1. The van der Waals surface area contributed by atoms with Crippen LogP contribution < -0.4 is 10.1 Å². The first kappa shape index (κ1) is 25.0. The molecule has 0 heterocycles. The van der Waals surface area contributed by atoms with Crippen LogP contribution in [-0.4, -0.2) is 19.0 Å². The van der Waals surface area contributed by atoms with Gasteiger partial charge in [-0.25, -0.2) is 4.79 Å². The molecule has 4 rings (SSSR count). The second-order valence-corrected chi connectivity index (χ2v) is 8.73. The molecule has 0 spiro atoms. The highest BCUT2D eigenvalue weighted by Gasteiger charge is 2.16. The van der Waals surface area contributed by atoms with E-state index in [0.717, 1.165) is 28.0 Å². The van der Waals surface area contributed by atoms with Gasteiger partial charge in [0.25, 0.3) is 5.91 Å². The average Bonchev–Trinajstić information content (AvgIpc) is 2.92. The van der Waals surface area contributed by atoms with Crippen molar-refractivity contribution in [2.75, 3.05) is 7.11 Å². The summed E-state index contributed by atoms with van der Waals surface area (Å²) in [5, 5.41) is 3.74. The molecule has 0 saturated heterocycles. The van der Waals surface area contributed by atoms with Crippen molar-refractivity contribution in [3.05, 3.63) is 124 Å². The maximum Gasteiger partial charge on any atom is 0.337 e. The predicted molar refractivity (Wildman–Crippen MR) is 141 cm³/mol. The molecule has 0 saturated carbocycles. The molecule has 6 heteroatoms. The fourth-order valence-electron chi connectivity index (χ4n) is 3.79. The van der Waals surface area contributed by atoms with E-state index < -0.39 is 5.97 Å². The van der Waals surface area contributed by atoms with E-state index in [1.54, 1.807) is 12.1 Å². The number of nitrogens with one attached hydrogen (secondary N) is 1. The first-order chi connectivity index (χ1) is 17.4. The maximum absolute atomic E-state index is 13.2. The Labute approximate surface area is 215 Å². The number of methoxy groups -OCH3 is 1. The number of carbonyl (C=O) groups is 2. The number of benzene rings is 4. The Morgan fingerprint density at radius 2 is 1.53 bits per heavy atom. The summed E-state index contributed by atoms with van der Waals surface area (Å²) in [7, 11) is 1.35. The van der Waals surface area contributed by atoms with E-state index in [-0.39, 0.29) is 11.9 Å². The molecule has 4 aromatic carbocycles. The number of amides is 1. The number of hydrogen-bond acceptors (Lipinski definition) is 4. The summed E-state index contributed by atoms with van der Waals surface area (Å²) in [6.45, 7) is 2.34. The highest BCUT2D eigenvalue weighted by Crippen LogP contribution is 2.27. The smallest absolute Gasteiger partial charge is 0.337 e. The van der Waals surface area contributed by atoms with Gasteiger partial charge in [0.1, 0.15) is 12.4 Å². The molecule has 1 amide bonds. The molecular formula is C30H26ClNO4. The summed E-state index contributed by atoms with van der Waals surface area (Å²) in [6.07, 6.45) is 0. The number of halogens is 1. The molecule has 0 radical (unpaired) electrons. The van der Waals surface area contributed by atoms with Gasteiger partial charge >= 0.3 is 5.97 Å². The summed E-state index contributed by atoms with van der Waals surface area (Å²) in [6, 6.07) is 29.4. The minimum atomic E-state index is -0.395. The fraction of sp³-hybridized carbons (Fsp3) is 0.133. The second kappa shape index (κ2) is 11.6. The van der Waals surface area contributed by atoms with Crippen molar-refractivity contribution in [1.29, 1.82) is 0 Å². The van der Waals surface area contributed by atoms with E-state index in [1.165, 1.54) is 7.11 Å². The second-order valence-electron chi connectivity index (χ2n) is 8.29. The Kier molecular flexibility index (Phi) is 8.03. The van der Waals surface area contributed by atoms with Gasteiger partial charge in [0.05, 0.1) is 18.7 Å². The van der Waals surface area contributed by atoms with E-state index in [2.05, 4.69) is 5.32 Å². The summed E-state index contributed by atoms with van der Waals surface area (Å²) < 4.78 is 10.6. The zero-order valence-electron chi connectivity index (χ0n) is 20.0. The molecule has 5 nitrogen and oxygen atoms in total. The van der Waals surface area contributed by atoms with Crippen LogP contribution >= 0.6 is 11.6 Å². The van der Waals surface area contributed by atoms with Crippen molar-refractivity contribution in [2.45, 2.75) is 19.6 Å². The van der Waals surface area contributed by atoms with Crippen LogP contribution in [0.1, 0.15) is 44.8 Å². The number of rotatable bonds is 8. The first-order valence-corrected chi connectivity index (χ1v) is 11.9. The average molecular weight is 500 g/mol. The van der Waals surface area contributed by atoms with E-state index in [0.29, 0.717) is 22.8 Å². The predicted octanol–water partition coefficient (Wildman–Crippen LogP) is 6.86. The van der Waals surface area contributed by atoms with Gasteiger partial charge in [-0.15, -0.1) is 0 Å². The van der Waals surface area contributed by atoms with Crippen LogP contribution in [0.2, 0.25) is 5.02 Å². The molecule has 36 heavy (non-hydrogen) atoms. The van der Waals surface area contributed by atoms with Crippen LogP contribution in [0.15, 0.2) is 97.1 Å². The highest BCUT2D eigenvalue weighted by molar-refractivity contribution is 6.30. The van der Waals surface area contributed by atoms with Crippen LogP contribution in [0.5, 0.6) is 5.75 Å².